The number of fused-ring (bicyclic) bond motifs is 3. The van der Waals surface area contributed by atoms with Gasteiger partial charge in [-0.05, 0) is 38.5 Å². The minimum atomic E-state index is 0.353. The molecule has 1 saturated carbocycles. The molecule has 1 aromatic heterocycles. The van der Waals surface area contributed by atoms with Gasteiger partial charge in [0.15, 0.2) is 0 Å². The summed E-state index contributed by atoms with van der Waals surface area (Å²) < 4.78 is 2.23. The second-order valence-electron chi connectivity index (χ2n) is 7.37. The van der Waals surface area contributed by atoms with Crippen LogP contribution in [0.2, 0.25) is 0 Å². The number of carbonyl (C=O) groups is 1. The highest BCUT2D eigenvalue weighted by molar-refractivity contribution is 5.77. The van der Waals surface area contributed by atoms with E-state index in [1.807, 2.05) is 6.92 Å². The molecule has 3 heterocycles. The molecule has 2 unspecified atom stereocenters. The van der Waals surface area contributed by atoms with Gasteiger partial charge in [-0.25, -0.2) is 0 Å². The highest BCUT2D eigenvalue weighted by atomic mass is 16.2. The van der Waals surface area contributed by atoms with Gasteiger partial charge in [-0.15, -0.1) is 10.2 Å². The molecular weight excluding hydrogens is 276 g/mol. The average molecular weight is 302 g/mol. The molecule has 3 aliphatic rings. The molecule has 5 heteroatoms. The number of hydrogen-bond acceptors (Lipinski definition) is 3. The van der Waals surface area contributed by atoms with E-state index in [9.17, 15) is 4.79 Å². The quantitative estimate of drug-likeness (QED) is 0.843. The van der Waals surface area contributed by atoms with E-state index in [0.29, 0.717) is 23.9 Å². The summed E-state index contributed by atoms with van der Waals surface area (Å²) in [6, 6.07) is 0.711. The fourth-order valence-electron chi connectivity index (χ4n) is 4.73. The molecule has 0 N–H and O–H groups in total. The first-order valence-electron chi connectivity index (χ1n) is 8.92. The van der Waals surface area contributed by atoms with Crippen molar-refractivity contribution in [3.63, 3.8) is 0 Å². The molecule has 1 aliphatic carbocycles. The Kier molecular flexibility index (Phi) is 3.66. The normalized spacial score (nSPS) is 28.5. The summed E-state index contributed by atoms with van der Waals surface area (Å²) in [6.07, 6.45) is 10.4. The third-order valence-corrected chi connectivity index (χ3v) is 5.92. The lowest BCUT2D eigenvalue weighted by molar-refractivity contribution is -0.135. The molecule has 4 rings (SSSR count). The van der Waals surface area contributed by atoms with Crippen LogP contribution in [0, 0.1) is 12.8 Å². The Bertz CT molecular complexity index is 561. The molecule has 0 radical (unpaired) electrons. The van der Waals surface area contributed by atoms with Gasteiger partial charge in [0.25, 0.3) is 0 Å². The lowest BCUT2D eigenvalue weighted by atomic mass is 9.86. The Hall–Kier alpha value is -1.39. The van der Waals surface area contributed by atoms with Crippen LogP contribution in [-0.2, 0) is 17.8 Å². The van der Waals surface area contributed by atoms with Crippen LogP contribution in [0.4, 0.5) is 0 Å². The molecule has 120 valence electrons. The van der Waals surface area contributed by atoms with Crippen molar-refractivity contribution in [3.8, 4) is 0 Å². The maximum Gasteiger partial charge on any atom is 0.223 e. The van der Waals surface area contributed by atoms with Crippen LogP contribution in [0.1, 0.15) is 63.0 Å². The van der Waals surface area contributed by atoms with Crippen LogP contribution in [0.5, 0.6) is 0 Å². The Morgan fingerprint density at radius 2 is 1.86 bits per heavy atom. The largest absolute Gasteiger partial charge is 0.334 e. The van der Waals surface area contributed by atoms with E-state index in [2.05, 4.69) is 19.7 Å². The monoisotopic (exact) mass is 302 g/mol. The number of amides is 1. The van der Waals surface area contributed by atoms with Crippen molar-refractivity contribution in [3.05, 3.63) is 11.6 Å². The predicted molar refractivity (Wildman–Crippen MR) is 83.3 cm³/mol. The minimum Gasteiger partial charge on any atom is -0.334 e. The molecule has 2 atom stereocenters. The van der Waals surface area contributed by atoms with Crippen molar-refractivity contribution in [1.29, 1.82) is 0 Å². The van der Waals surface area contributed by atoms with Crippen molar-refractivity contribution in [1.82, 2.24) is 19.7 Å². The molecule has 0 aromatic carbocycles. The maximum atomic E-state index is 12.9. The SMILES string of the molecule is Cc1nnc2n1CC1CCC(C2)N1C(=O)CC1CCCCC1. The Morgan fingerprint density at radius 1 is 1.09 bits per heavy atom. The lowest BCUT2D eigenvalue weighted by Gasteiger charge is -2.30. The second kappa shape index (κ2) is 5.67. The van der Waals surface area contributed by atoms with Crippen LogP contribution >= 0.6 is 0 Å². The standard InChI is InChI=1S/C17H26N4O/c1-12-18-19-16-10-14-7-8-15(11-20(12)16)21(14)17(22)9-13-5-3-2-4-6-13/h13-15H,2-11H2,1H3. The highest BCUT2D eigenvalue weighted by Crippen LogP contribution is 2.34. The van der Waals surface area contributed by atoms with Gasteiger partial charge in [0.1, 0.15) is 11.6 Å². The van der Waals surface area contributed by atoms with Gasteiger partial charge in [0, 0.05) is 25.4 Å². The van der Waals surface area contributed by atoms with Crippen LogP contribution in [0.15, 0.2) is 0 Å². The summed E-state index contributed by atoms with van der Waals surface area (Å²) in [7, 11) is 0. The Labute approximate surface area is 132 Å². The third kappa shape index (κ3) is 2.44. The van der Waals surface area contributed by atoms with Crippen molar-refractivity contribution < 1.29 is 4.79 Å². The van der Waals surface area contributed by atoms with Gasteiger partial charge >= 0.3 is 0 Å². The van der Waals surface area contributed by atoms with E-state index in [1.54, 1.807) is 0 Å². The summed E-state index contributed by atoms with van der Waals surface area (Å²) in [5.74, 6) is 3.09. The number of nitrogens with zero attached hydrogens (tertiary/aromatic N) is 4. The number of aryl methyl sites for hydroxylation is 1. The van der Waals surface area contributed by atoms with Crippen molar-refractivity contribution in [2.24, 2.45) is 5.92 Å². The maximum absolute atomic E-state index is 12.9. The first-order chi connectivity index (χ1) is 10.7. The molecular formula is C17H26N4O. The second-order valence-corrected chi connectivity index (χ2v) is 7.37. The third-order valence-electron chi connectivity index (χ3n) is 5.92. The highest BCUT2D eigenvalue weighted by Gasteiger charge is 2.41. The average Bonchev–Trinajstić information content (AvgIpc) is 3.00. The fourth-order valence-corrected chi connectivity index (χ4v) is 4.73. The van der Waals surface area contributed by atoms with Gasteiger partial charge in [-0.2, -0.15) is 0 Å². The van der Waals surface area contributed by atoms with E-state index in [1.165, 1.54) is 32.1 Å². The van der Waals surface area contributed by atoms with E-state index in [4.69, 9.17) is 0 Å². The molecule has 5 nitrogen and oxygen atoms in total. The molecule has 22 heavy (non-hydrogen) atoms. The smallest absolute Gasteiger partial charge is 0.223 e. The predicted octanol–water partition coefficient (Wildman–Crippen LogP) is 2.47. The number of aromatic nitrogens is 3. The van der Waals surface area contributed by atoms with Gasteiger partial charge in [0.2, 0.25) is 5.91 Å². The van der Waals surface area contributed by atoms with Gasteiger partial charge in [0.05, 0.1) is 6.04 Å². The zero-order chi connectivity index (χ0) is 15.1. The summed E-state index contributed by atoms with van der Waals surface area (Å²) >= 11 is 0. The topological polar surface area (TPSA) is 51.0 Å². The zero-order valence-electron chi connectivity index (χ0n) is 13.5. The van der Waals surface area contributed by atoms with Crippen molar-refractivity contribution in [2.45, 2.75) is 83.3 Å². The summed E-state index contributed by atoms with van der Waals surface area (Å²) in [4.78, 5) is 15.1. The molecule has 2 aliphatic heterocycles. The summed E-state index contributed by atoms with van der Waals surface area (Å²) in [5.41, 5.74) is 0. The number of hydrogen-bond donors (Lipinski definition) is 0. The van der Waals surface area contributed by atoms with Crippen molar-refractivity contribution >= 4 is 5.91 Å². The van der Waals surface area contributed by atoms with Gasteiger partial charge in [-0.1, -0.05) is 19.3 Å². The van der Waals surface area contributed by atoms with Gasteiger partial charge in [-0.3, -0.25) is 4.79 Å². The molecule has 1 amide bonds. The number of carbonyl (C=O) groups excluding carboxylic acids is 1. The molecule has 1 saturated heterocycles. The van der Waals surface area contributed by atoms with Gasteiger partial charge < -0.3 is 9.47 Å². The lowest BCUT2D eigenvalue weighted by Crippen LogP contribution is -2.42. The first-order valence-corrected chi connectivity index (χ1v) is 8.92. The number of rotatable bonds is 2. The first kappa shape index (κ1) is 14.2. The summed E-state index contributed by atoms with van der Waals surface area (Å²) in [5, 5.41) is 8.53. The van der Waals surface area contributed by atoms with E-state index >= 15 is 0 Å². The van der Waals surface area contributed by atoms with Crippen LogP contribution in [0.25, 0.3) is 0 Å². The molecule has 2 bridgehead atoms. The molecule has 2 fully saturated rings. The Balaban J connectivity index is 1.49. The fraction of sp³-hybridized carbons (Fsp3) is 0.824. The van der Waals surface area contributed by atoms with Crippen LogP contribution in [-0.4, -0.2) is 37.7 Å². The summed E-state index contributed by atoms with van der Waals surface area (Å²) in [6.45, 7) is 2.91. The Morgan fingerprint density at radius 3 is 2.68 bits per heavy atom. The van der Waals surface area contributed by atoms with E-state index < -0.39 is 0 Å². The molecule has 1 aromatic rings. The minimum absolute atomic E-state index is 0.353. The van der Waals surface area contributed by atoms with Crippen LogP contribution < -0.4 is 0 Å². The zero-order valence-corrected chi connectivity index (χ0v) is 13.5. The van der Waals surface area contributed by atoms with E-state index in [-0.39, 0.29) is 0 Å². The van der Waals surface area contributed by atoms with Crippen molar-refractivity contribution in [2.75, 3.05) is 0 Å². The van der Waals surface area contributed by atoms with E-state index in [0.717, 1.165) is 43.9 Å². The molecule has 0 spiro atoms. The van der Waals surface area contributed by atoms with Crippen LogP contribution in [0.3, 0.4) is 0 Å².